The second-order valence-electron chi connectivity index (χ2n) is 4.22. The second kappa shape index (κ2) is 7.41. The highest BCUT2D eigenvalue weighted by Crippen LogP contribution is 2.22. The third kappa shape index (κ3) is 4.06. The van der Waals surface area contributed by atoms with Gasteiger partial charge in [-0.15, -0.1) is 0 Å². The first-order valence-corrected chi connectivity index (χ1v) is 6.31. The summed E-state index contributed by atoms with van der Waals surface area (Å²) in [6, 6.07) is 11.3. The number of hydrogen-bond acceptors (Lipinski definition) is 5. The highest BCUT2D eigenvalue weighted by Gasteiger charge is 2.05. The summed E-state index contributed by atoms with van der Waals surface area (Å²) in [5, 5.41) is 19.9. The molecule has 6 heteroatoms. The smallest absolute Gasteiger partial charge is 0.167 e. The molecular weight excluding hydrogens is 283 g/mol. The van der Waals surface area contributed by atoms with Gasteiger partial charge < -0.3 is 10.1 Å². The van der Waals surface area contributed by atoms with Gasteiger partial charge in [0.1, 0.15) is 24.3 Å². The van der Waals surface area contributed by atoms with E-state index in [4.69, 9.17) is 15.3 Å². The molecule has 0 fully saturated rings. The number of benzene rings is 1. The van der Waals surface area contributed by atoms with E-state index in [0.29, 0.717) is 5.69 Å². The van der Waals surface area contributed by atoms with E-state index >= 15 is 0 Å². The summed E-state index contributed by atoms with van der Waals surface area (Å²) in [4.78, 5) is 3.95. The molecule has 0 aliphatic carbocycles. The van der Waals surface area contributed by atoms with Crippen molar-refractivity contribution >= 4 is 5.69 Å². The van der Waals surface area contributed by atoms with Crippen molar-refractivity contribution in [2.45, 2.75) is 6.61 Å². The molecule has 0 saturated heterocycles. The molecule has 0 atom stereocenters. The summed E-state index contributed by atoms with van der Waals surface area (Å²) in [6.45, 7) is 0.213. The molecule has 0 aliphatic rings. The Morgan fingerprint density at radius 2 is 2.14 bits per heavy atom. The predicted molar refractivity (Wildman–Crippen MR) is 77.9 cm³/mol. The monoisotopic (exact) mass is 294 g/mol. The van der Waals surface area contributed by atoms with Crippen LogP contribution in [0.25, 0.3) is 0 Å². The third-order valence-corrected chi connectivity index (χ3v) is 2.67. The standard InChI is InChI=1S/C16H11FN4O/c17-15-6-14(21-10-13(7-18)8-19)3-4-16(15)22-11-12-2-1-5-20-9-12/h1-6,9-10,21H,11H2. The molecule has 1 aromatic heterocycles. The molecule has 108 valence electrons. The molecule has 22 heavy (non-hydrogen) atoms. The molecule has 2 rings (SSSR count). The maximum Gasteiger partial charge on any atom is 0.167 e. The summed E-state index contributed by atoms with van der Waals surface area (Å²) >= 11 is 0. The number of rotatable bonds is 5. The number of aromatic nitrogens is 1. The van der Waals surface area contributed by atoms with Crippen molar-refractivity contribution in [2.24, 2.45) is 0 Å². The van der Waals surface area contributed by atoms with E-state index in [-0.39, 0.29) is 17.9 Å². The SMILES string of the molecule is N#CC(C#N)=CNc1ccc(OCc2cccnc2)c(F)c1. The van der Waals surface area contributed by atoms with E-state index in [9.17, 15) is 4.39 Å². The summed E-state index contributed by atoms with van der Waals surface area (Å²) in [5.74, 6) is -0.433. The Morgan fingerprint density at radius 1 is 1.32 bits per heavy atom. The van der Waals surface area contributed by atoms with Gasteiger partial charge in [-0.25, -0.2) is 4.39 Å². The molecule has 1 N–H and O–H groups in total. The molecule has 1 aromatic carbocycles. The number of nitrogens with zero attached hydrogens (tertiary/aromatic N) is 3. The number of ether oxygens (including phenoxy) is 1. The Balaban J connectivity index is 2.03. The number of nitrogens with one attached hydrogen (secondary N) is 1. The molecule has 0 aliphatic heterocycles. The molecule has 0 bridgehead atoms. The highest BCUT2D eigenvalue weighted by molar-refractivity contribution is 5.51. The van der Waals surface area contributed by atoms with Gasteiger partial charge in [-0.05, 0) is 18.2 Å². The number of allylic oxidation sites excluding steroid dienone is 1. The lowest BCUT2D eigenvalue weighted by Crippen LogP contribution is -1.98. The lowest BCUT2D eigenvalue weighted by molar-refractivity contribution is 0.290. The van der Waals surface area contributed by atoms with E-state index in [1.54, 1.807) is 36.7 Å². The van der Waals surface area contributed by atoms with Crippen LogP contribution in [-0.4, -0.2) is 4.98 Å². The fourth-order valence-corrected chi connectivity index (χ4v) is 1.60. The number of anilines is 1. The van der Waals surface area contributed by atoms with Crippen molar-refractivity contribution < 1.29 is 9.13 Å². The average molecular weight is 294 g/mol. The number of hydrogen-bond donors (Lipinski definition) is 1. The van der Waals surface area contributed by atoms with Gasteiger partial charge in [0.15, 0.2) is 11.6 Å². The summed E-state index contributed by atoms with van der Waals surface area (Å²) in [6.07, 6.45) is 4.50. The van der Waals surface area contributed by atoms with E-state index in [1.807, 2.05) is 6.07 Å². The largest absolute Gasteiger partial charge is 0.486 e. The molecule has 0 amide bonds. The van der Waals surface area contributed by atoms with Crippen LogP contribution in [-0.2, 0) is 6.61 Å². The molecule has 0 unspecified atom stereocenters. The quantitative estimate of drug-likeness (QED) is 0.857. The first kappa shape index (κ1) is 15.0. The molecular formula is C16H11FN4O. The van der Waals surface area contributed by atoms with E-state index < -0.39 is 5.82 Å². The Bertz CT molecular complexity index is 744. The number of nitriles is 2. The van der Waals surface area contributed by atoms with Gasteiger partial charge in [0.25, 0.3) is 0 Å². The minimum absolute atomic E-state index is 0.0997. The third-order valence-electron chi connectivity index (χ3n) is 2.67. The molecule has 0 saturated carbocycles. The summed E-state index contributed by atoms with van der Waals surface area (Å²) in [5.41, 5.74) is 1.14. The zero-order valence-electron chi connectivity index (χ0n) is 11.5. The minimum Gasteiger partial charge on any atom is -0.486 e. The molecule has 1 heterocycles. The van der Waals surface area contributed by atoms with Crippen LogP contribution in [0.5, 0.6) is 5.75 Å². The number of pyridine rings is 1. The lowest BCUT2D eigenvalue weighted by atomic mass is 10.2. The van der Waals surface area contributed by atoms with Crippen molar-refractivity contribution in [3.05, 3.63) is 65.9 Å². The van der Waals surface area contributed by atoms with Gasteiger partial charge in [0.05, 0.1) is 0 Å². The van der Waals surface area contributed by atoms with E-state index in [1.165, 1.54) is 18.3 Å². The predicted octanol–water partition coefficient (Wildman–Crippen LogP) is 3.14. The fraction of sp³-hybridized carbons (Fsp3) is 0.0625. The minimum atomic E-state index is -0.544. The van der Waals surface area contributed by atoms with Crippen LogP contribution in [0, 0.1) is 28.5 Å². The summed E-state index contributed by atoms with van der Waals surface area (Å²) in [7, 11) is 0. The topological polar surface area (TPSA) is 81.7 Å². The molecule has 2 aromatic rings. The van der Waals surface area contributed by atoms with Gasteiger partial charge in [-0.2, -0.15) is 10.5 Å². The Morgan fingerprint density at radius 3 is 2.77 bits per heavy atom. The Hall–Kier alpha value is -3.38. The molecule has 0 radical (unpaired) electrons. The zero-order valence-corrected chi connectivity index (χ0v) is 11.5. The highest BCUT2D eigenvalue weighted by atomic mass is 19.1. The van der Waals surface area contributed by atoms with Gasteiger partial charge in [0.2, 0.25) is 0 Å². The van der Waals surface area contributed by atoms with Gasteiger partial charge in [-0.3, -0.25) is 4.98 Å². The molecule has 5 nitrogen and oxygen atoms in total. The van der Waals surface area contributed by atoms with Crippen LogP contribution in [0.3, 0.4) is 0 Å². The van der Waals surface area contributed by atoms with Crippen LogP contribution in [0.1, 0.15) is 5.56 Å². The van der Waals surface area contributed by atoms with Crippen molar-refractivity contribution in [3.8, 4) is 17.9 Å². The maximum absolute atomic E-state index is 13.9. The van der Waals surface area contributed by atoms with Crippen LogP contribution in [0.2, 0.25) is 0 Å². The van der Waals surface area contributed by atoms with E-state index in [0.717, 1.165) is 5.56 Å². The second-order valence-corrected chi connectivity index (χ2v) is 4.22. The first-order valence-electron chi connectivity index (χ1n) is 6.31. The normalized spacial score (nSPS) is 9.23. The van der Waals surface area contributed by atoms with Gasteiger partial charge >= 0.3 is 0 Å². The van der Waals surface area contributed by atoms with Crippen molar-refractivity contribution in [3.63, 3.8) is 0 Å². The lowest BCUT2D eigenvalue weighted by Gasteiger charge is -2.08. The fourth-order valence-electron chi connectivity index (χ4n) is 1.60. The van der Waals surface area contributed by atoms with Crippen molar-refractivity contribution in [1.82, 2.24) is 4.98 Å². The van der Waals surface area contributed by atoms with Crippen molar-refractivity contribution in [1.29, 1.82) is 10.5 Å². The maximum atomic E-state index is 13.9. The first-order chi connectivity index (χ1) is 10.7. The van der Waals surface area contributed by atoms with Crippen LogP contribution in [0.4, 0.5) is 10.1 Å². The van der Waals surface area contributed by atoms with Crippen LogP contribution >= 0.6 is 0 Å². The summed E-state index contributed by atoms with van der Waals surface area (Å²) < 4.78 is 19.3. The number of halogens is 1. The van der Waals surface area contributed by atoms with Crippen LogP contribution in [0.15, 0.2) is 54.5 Å². The average Bonchev–Trinajstić information content (AvgIpc) is 2.56. The van der Waals surface area contributed by atoms with Crippen LogP contribution < -0.4 is 10.1 Å². The van der Waals surface area contributed by atoms with Gasteiger partial charge in [-0.1, -0.05) is 6.07 Å². The Labute approximate surface area is 126 Å². The van der Waals surface area contributed by atoms with Crippen molar-refractivity contribution in [2.75, 3.05) is 5.32 Å². The van der Waals surface area contributed by atoms with E-state index in [2.05, 4.69) is 10.3 Å². The Kier molecular flexibility index (Phi) is 5.06. The van der Waals surface area contributed by atoms with Gasteiger partial charge in [0, 0.05) is 35.9 Å². The zero-order chi connectivity index (χ0) is 15.8. The molecule has 0 spiro atoms.